The maximum Gasteiger partial charge on any atom is 0.308 e. The second kappa shape index (κ2) is 6.91. The predicted octanol–water partition coefficient (Wildman–Crippen LogP) is 3.94. The Bertz CT molecular complexity index is 992. The number of benzene rings is 2. The molecule has 2 aromatic carbocycles. The SMILES string of the molecule is CCc1ccc2occ(C(=O)N3C[C@H](C(=O)O)[C@H](c4ccccc4)C3)c2c1. The number of carbonyl (C=O) groups excluding carboxylic acids is 1. The average molecular weight is 363 g/mol. The van der Waals surface area contributed by atoms with Gasteiger partial charge in [0.1, 0.15) is 11.8 Å². The summed E-state index contributed by atoms with van der Waals surface area (Å²) in [6, 6.07) is 15.4. The monoisotopic (exact) mass is 363 g/mol. The fraction of sp³-hybridized carbons (Fsp3) is 0.273. The van der Waals surface area contributed by atoms with Crippen molar-refractivity contribution in [3.63, 3.8) is 0 Å². The van der Waals surface area contributed by atoms with Gasteiger partial charge in [0.2, 0.25) is 0 Å². The van der Waals surface area contributed by atoms with Gasteiger partial charge in [-0.2, -0.15) is 0 Å². The van der Waals surface area contributed by atoms with Crippen molar-refractivity contribution in [2.45, 2.75) is 19.3 Å². The summed E-state index contributed by atoms with van der Waals surface area (Å²) < 4.78 is 5.55. The van der Waals surface area contributed by atoms with Crippen LogP contribution in [-0.4, -0.2) is 35.0 Å². The molecule has 3 aromatic rings. The van der Waals surface area contributed by atoms with E-state index in [1.807, 2.05) is 48.5 Å². The van der Waals surface area contributed by atoms with E-state index in [2.05, 4.69) is 6.92 Å². The molecule has 1 saturated heterocycles. The molecular weight excluding hydrogens is 342 g/mol. The van der Waals surface area contributed by atoms with Gasteiger partial charge >= 0.3 is 5.97 Å². The van der Waals surface area contributed by atoms with Gasteiger partial charge in [0.15, 0.2) is 0 Å². The van der Waals surface area contributed by atoms with Gasteiger partial charge in [-0.1, -0.05) is 43.3 Å². The quantitative estimate of drug-likeness (QED) is 0.762. The van der Waals surface area contributed by atoms with Crippen LogP contribution in [0.1, 0.15) is 34.3 Å². The average Bonchev–Trinajstić information content (AvgIpc) is 3.32. The number of furan rings is 1. The number of likely N-dealkylation sites (tertiary alicyclic amines) is 1. The molecule has 1 N–H and O–H groups in total. The van der Waals surface area contributed by atoms with E-state index in [1.165, 1.54) is 6.26 Å². The van der Waals surface area contributed by atoms with E-state index >= 15 is 0 Å². The number of rotatable bonds is 4. The number of hydrogen-bond donors (Lipinski definition) is 1. The highest BCUT2D eigenvalue weighted by atomic mass is 16.4. The van der Waals surface area contributed by atoms with Gasteiger partial charge < -0.3 is 14.4 Å². The van der Waals surface area contributed by atoms with Crippen LogP contribution in [0.4, 0.5) is 0 Å². The van der Waals surface area contributed by atoms with E-state index < -0.39 is 11.9 Å². The number of aliphatic carboxylic acids is 1. The zero-order valence-electron chi connectivity index (χ0n) is 15.1. The predicted molar refractivity (Wildman–Crippen MR) is 102 cm³/mol. The molecule has 138 valence electrons. The number of carboxylic acid groups (broad SMARTS) is 1. The Morgan fingerprint density at radius 2 is 1.93 bits per heavy atom. The van der Waals surface area contributed by atoms with Gasteiger partial charge in [-0.3, -0.25) is 9.59 Å². The standard InChI is InChI=1S/C22H21NO4/c1-2-14-8-9-20-16(10-14)19(13-27-20)21(24)23-11-17(18(12-23)22(25)26)15-6-4-3-5-7-15/h3-10,13,17-18H,2,11-12H2,1H3,(H,25,26)/t17-,18-/m0/s1. The van der Waals surface area contributed by atoms with Crippen molar-refractivity contribution < 1.29 is 19.1 Å². The molecule has 2 heterocycles. The summed E-state index contributed by atoms with van der Waals surface area (Å²) in [5.74, 6) is -1.87. The van der Waals surface area contributed by atoms with Crippen LogP contribution in [0.2, 0.25) is 0 Å². The first-order valence-electron chi connectivity index (χ1n) is 9.15. The molecule has 0 bridgehead atoms. The normalized spacial score (nSPS) is 19.5. The summed E-state index contributed by atoms with van der Waals surface area (Å²) in [5, 5.41) is 10.4. The first-order chi connectivity index (χ1) is 13.1. The Labute approximate surface area is 157 Å². The Morgan fingerprint density at radius 1 is 1.15 bits per heavy atom. The van der Waals surface area contributed by atoms with E-state index in [0.717, 1.165) is 22.9 Å². The number of fused-ring (bicyclic) bond motifs is 1. The number of nitrogens with zero attached hydrogens (tertiary/aromatic N) is 1. The van der Waals surface area contributed by atoms with Crippen molar-refractivity contribution in [2.24, 2.45) is 5.92 Å². The molecule has 0 aliphatic carbocycles. The molecule has 1 aromatic heterocycles. The van der Waals surface area contributed by atoms with Gasteiger partial charge in [-0.05, 0) is 29.7 Å². The maximum absolute atomic E-state index is 13.1. The minimum absolute atomic E-state index is 0.174. The highest BCUT2D eigenvalue weighted by Crippen LogP contribution is 2.34. The molecule has 0 radical (unpaired) electrons. The van der Waals surface area contributed by atoms with Crippen molar-refractivity contribution >= 4 is 22.8 Å². The van der Waals surface area contributed by atoms with Gasteiger partial charge in [-0.25, -0.2) is 0 Å². The minimum atomic E-state index is -0.871. The molecule has 27 heavy (non-hydrogen) atoms. The maximum atomic E-state index is 13.1. The third kappa shape index (κ3) is 3.10. The summed E-state index contributed by atoms with van der Waals surface area (Å²) in [7, 11) is 0. The fourth-order valence-corrected chi connectivity index (χ4v) is 3.89. The van der Waals surface area contributed by atoms with E-state index in [9.17, 15) is 14.7 Å². The molecular formula is C22H21NO4. The molecule has 5 heteroatoms. The molecule has 2 atom stereocenters. The molecule has 1 aliphatic rings. The van der Waals surface area contributed by atoms with Crippen LogP contribution in [0.5, 0.6) is 0 Å². The third-order valence-corrected chi connectivity index (χ3v) is 5.43. The highest BCUT2D eigenvalue weighted by molar-refractivity contribution is 6.06. The van der Waals surface area contributed by atoms with Crippen molar-refractivity contribution in [3.05, 3.63) is 71.5 Å². The zero-order valence-corrected chi connectivity index (χ0v) is 15.1. The Balaban J connectivity index is 1.66. The van der Waals surface area contributed by atoms with Crippen LogP contribution < -0.4 is 0 Å². The first-order valence-corrected chi connectivity index (χ1v) is 9.15. The molecule has 1 amide bonds. The Kier molecular flexibility index (Phi) is 4.44. The summed E-state index contributed by atoms with van der Waals surface area (Å²) in [4.78, 5) is 26.6. The topological polar surface area (TPSA) is 70.8 Å². The first kappa shape index (κ1) is 17.3. The van der Waals surface area contributed by atoms with Crippen LogP contribution in [-0.2, 0) is 11.2 Å². The van der Waals surface area contributed by atoms with Gasteiger partial charge in [-0.15, -0.1) is 0 Å². The second-order valence-corrected chi connectivity index (χ2v) is 7.01. The van der Waals surface area contributed by atoms with Crippen LogP contribution in [0.15, 0.2) is 59.2 Å². The van der Waals surface area contributed by atoms with E-state index in [-0.39, 0.29) is 18.4 Å². The summed E-state index contributed by atoms with van der Waals surface area (Å²) >= 11 is 0. The van der Waals surface area contributed by atoms with Gasteiger partial charge in [0, 0.05) is 24.4 Å². The Hall–Kier alpha value is -3.08. The summed E-state index contributed by atoms with van der Waals surface area (Å²) in [5.41, 5.74) is 3.25. The number of aryl methyl sites for hydroxylation is 1. The van der Waals surface area contributed by atoms with Crippen LogP contribution in [0, 0.1) is 5.92 Å². The molecule has 5 nitrogen and oxygen atoms in total. The molecule has 0 saturated carbocycles. The molecule has 4 rings (SSSR count). The lowest BCUT2D eigenvalue weighted by atomic mass is 9.89. The van der Waals surface area contributed by atoms with Crippen LogP contribution in [0.3, 0.4) is 0 Å². The van der Waals surface area contributed by atoms with Crippen molar-refractivity contribution in [1.82, 2.24) is 4.90 Å². The van der Waals surface area contributed by atoms with Crippen molar-refractivity contribution in [2.75, 3.05) is 13.1 Å². The van der Waals surface area contributed by atoms with E-state index in [4.69, 9.17) is 4.42 Å². The molecule has 0 unspecified atom stereocenters. The lowest BCUT2D eigenvalue weighted by molar-refractivity contribution is -0.141. The van der Waals surface area contributed by atoms with Crippen LogP contribution in [0.25, 0.3) is 11.0 Å². The van der Waals surface area contributed by atoms with E-state index in [1.54, 1.807) is 4.90 Å². The van der Waals surface area contributed by atoms with Crippen molar-refractivity contribution in [1.29, 1.82) is 0 Å². The smallest absolute Gasteiger partial charge is 0.308 e. The third-order valence-electron chi connectivity index (χ3n) is 5.43. The summed E-state index contributed by atoms with van der Waals surface area (Å²) in [6.07, 6.45) is 2.35. The number of hydrogen-bond acceptors (Lipinski definition) is 3. The fourth-order valence-electron chi connectivity index (χ4n) is 3.89. The number of carboxylic acids is 1. The lowest BCUT2D eigenvalue weighted by Crippen LogP contribution is -2.29. The van der Waals surface area contributed by atoms with Crippen molar-refractivity contribution in [3.8, 4) is 0 Å². The van der Waals surface area contributed by atoms with E-state index in [0.29, 0.717) is 17.7 Å². The van der Waals surface area contributed by atoms with Crippen LogP contribution >= 0.6 is 0 Å². The van der Waals surface area contributed by atoms with Gasteiger partial charge in [0.05, 0.1) is 11.5 Å². The van der Waals surface area contributed by atoms with Gasteiger partial charge in [0.25, 0.3) is 5.91 Å². The number of carbonyl (C=O) groups is 2. The zero-order chi connectivity index (χ0) is 19.0. The molecule has 1 aliphatic heterocycles. The minimum Gasteiger partial charge on any atom is -0.481 e. The number of amides is 1. The second-order valence-electron chi connectivity index (χ2n) is 7.01. The molecule has 0 spiro atoms. The highest BCUT2D eigenvalue weighted by Gasteiger charge is 2.41. The summed E-state index contributed by atoms with van der Waals surface area (Å²) in [6.45, 7) is 2.65. The lowest BCUT2D eigenvalue weighted by Gasteiger charge is -2.16. The largest absolute Gasteiger partial charge is 0.481 e. The Morgan fingerprint density at radius 3 is 2.63 bits per heavy atom. The molecule has 1 fully saturated rings.